The zero-order chi connectivity index (χ0) is 21.8. The van der Waals surface area contributed by atoms with Crippen LogP contribution in [0.1, 0.15) is 66.7 Å². The molecule has 6 heteroatoms. The molecule has 0 radical (unpaired) electrons. The van der Waals surface area contributed by atoms with E-state index in [4.69, 9.17) is 9.47 Å². The second-order valence-electron chi connectivity index (χ2n) is 8.79. The molecule has 1 aliphatic heterocycles. The predicted octanol–water partition coefficient (Wildman–Crippen LogP) is 3.17. The fourth-order valence-electron chi connectivity index (χ4n) is 3.49. The number of unbranched alkanes of at least 4 members (excludes halogenated alkanes) is 3. The molecule has 0 saturated carbocycles. The van der Waals surface area contributed by atoms with E-state index in [9.17, 15) is 19.8 Å². The lowest BCUT2D eigenvalue weighted by Gasteiger charge is -2.24. The van der Waals surface area contributed by atoms with E-state index in [0.29, 0.717) is 16.7 Å². The standard InChI is InChI=1S/C23H34O6/c1-6-7-8-9-10-11-16-17(14-24)18(25)20-23(28-20,19(16)26)13-12-15(2)21(27)29-22(3,4)5/h10-12,18,20,24-25H,6-9,13-14H2,1-5H3/b11-10+,15-12+/t18-,20+,23+/m1/s1. The van der Waals surface area contributed by atoms with E-state index in [0.717, 1.165) is 25.7 Å². The van der Waals surface area contributed by atoms with Crippen LogP contribution in [0, 0.1) is 0 Å². The fourth-order valence-corrected chi connectivity index (χ4v) is 3.49. The van der Waals surface area contributed by atoms with Gasteiger partial charge in [0.1, 0.15) is 17.8 Å². The topological polar surface area (TPSA) is 96.4 Å². The van der Waals surface area contributed by atoms with Gasteiger partial charge in [0, 0.05) is 17.6 Å². The third kappa shape index (κ3) is 5.44. The summed E-state index contributed by atoms with van der Waals surface area (Å²) < 4.78 is 11.0. The van der Waals surface area contributed by atoms with Crippen molar-refractivity contribution in [1.82, 2.24) is 0 Å². The quantitative estimate of drug-likeness (QED) is 0.264. The first kappa shape index (κ1) is 23.5. The Labute approximate surface area is 173 Å². The molecule has 162 valence electrons. The number of hydrogen-bond acceptors (Lipinski definition) is 6. The molecule has 1 aliphatic carbocycles. The van der Waals surface area contributed by atoms with Crippen LogP contribution in [-0.2, 0) is 19.1 Å². The number of rotatable bonds is 9. The van der Waals surface area contributed by atoms with Crippen molar-refractivity contribution in [2.45, 2.75) is 90.1 Å². The number of carbonyl (C=O) groups is 2. The molecule has 29 heavy (non-hydrogen) atoms. The third-order valence-electron chi connectivity index (χ3n) is 5.22. The molecular weight excluding hydrogens is 372 g/mol. The van der Waals surface area contributed by atoms with Crippen molar-refractivity contribution in [1.29, 1.82) is 0 Å². The number of aliphatic hydroxyl groups excluding tert-OH is 2. The predicted molar refractivity (Wildman–Crippen MR) is 110 cm³/mol. The highest BCUT2D eigenvalue weighted by molar-refractivity contribution is 6.08. The maximum absolute atomic E-state index is 13.1. The Balaban J connectivity index is 2.16. The van der Waals surface area contributed by atoms with Crippen LogP contribution in [-0.4, -0.2) is 52.0 Å². The number of epoxide rings is 1. The van der Waals surface area contributed by atoms with E-state index in [-0.39, 0.29) is 12.2 Å². The minimum Gasteiger partial charge on any atom is -0.457 e. The van der Waals surface area contributed by atoms with Gasteiger partial charge in [0.2, 0.25) is 0 Å². The lowest BCUT2D eigenvalue weighted by Crippen LogP contribution is -2.40. The van der Waals surface area contributed by atoms with Crippen LogP contribution in [0.2, 0.25) is 0 Å². The molecule has 0 spiro atoms. The van der Waals surface area contributed by atoms with Crippen molar-refractivity contribution >= 4 is 11.8 Å². The van der Waals surface area contributed by atoms with E-state index < -0.39 is 36.0 Å². The molecular formula is C23H34O6. The molecule has 3 atom stereocenters. The summed E-state index contributed by atoms with van der Waals surface area (Å²) in [7, 11) is 0. The van der Waals surface area contributed by atoms with E-state index in [1.807, 2.05) is 6.08 Å². The second-order valence-corrected chi connectivity index (χ2v) is 8.79. The summed E-state index contributed by atoms with van der Waals surface area (Å²) >= 11 is 0. The van der Waals surface area contributed by atoms with E-state index in [1.165, 1.54) is 0 Å². The molecule has 0 unspecified atom stereocenters. The zero-order valence-electron chi connectivity index (χ0n) is 18.2. The third-order valence-corrected chi connectivity index (χ3v) is 5.22. The number of carbonyl (C=O) groups excluding carboxylic acids is 2. The summed E-state index contributed by atoms with van der Waals surface area (Å²) in [6, 6.07) is 0. The molecule has 0 aromatic rings. The first-order chi connectivity index (χ1) is 13.6. The molecule has 2 aliphatic rings. The number of esters is 1. The molecule has 2 N–H and O–H groups in total. The van der Waals surface area contributed by atoms with Crippen molar-refractivity contribution in [3.05, 3.63) is 34.9 Å². The van der Waals surface area contributed by atoms with Crippen molar-refractivity contribution in [2.75, 3.05) is 6.61 Å². The number of allylic oxidation sites excluding steroid dienone is 2. The molecule has 0 bridgehead atoms. The highest BCUT2D eigenvalue weighted by Crippen LogP contribution is 2.50. The number of Topliss-reactive ketones (excluding diaryl/α,β-unsaturated/α-hetero) is 1. The number of aliphatic hydroxyl groups is 2. The Morgan fingerprint density at radius 2 is 2.00 bits per heavy atom. The zero-order valence-corrected chi connectivity index (χ0v) is 18.2. The Hall–Kier alpha value is -1.76. The van der Waals surface area contributed by atoms with Gasteiger partial charge in [0.25, 0.3) is 0 Å². The van der Waals surface area contributed by atoms with E-state index in [1.54, 1.807) is 39.8 Å². The van der Waals surface area contributed by atoms with E-state index >= 15 is 0 Å². The average molecular weight is 407 g/mol. The van der Waals surface area contributed by atoms with Crippen LogP contribution in [0.25, 0.3) is 0 Å². The molecule has 2 rings (SSSR count). The fraction of sp³-hybridized carbons (Fsp3) is 0.652. The normalized spacial score (nSPS) is 27.4. The Morgan fingerprint density at radius 3 is 2.59 bits per heavy atom. The summed E-state index contributed by atoms with van der Waals surface area (Å²) in [5.41, 5.74) is -0.778. The van der Waals surface area contributed by atoms with Gasteiger partial charge in [-0.3, -0.25) is 4.79 Å². The summed E-state index contributed by atoms with van der Waals surface area (Å²) in [5.74, 6) is -0.700. The lowest BCUT2D eigenvalue weighted by molar-refractivity contribution is -0.149. The Kier molecular flexibility index (Phi) is 7.60. The van der Waals surface area contributed by atoms with Crippen molar-refractivity contribution in [3.63, 3.8) is 0 Å². The number of ether oxygens (including phenoxy) is 2. The first-order valence-electron chi connectivity index (χ1n) is 10.4. The van der Waals surface area contributed by atoms with Gasteiger partial charge in [0.15, 0.2) is 11.4 Å². The Morgan fingerprint density at radius 1 is 1.31 bits per heavy atom. The molecule has 0 amide bonds. The molecule has 0 aromatic heterocycles. The molecule has 1 heterocycles. The van der Waals surface area contributed by atoms with Crippen LogP contribution >= 0.6 is 0 Å². The largest absolute Gasteiger partial charge is 0.457 e. The van der Waals surface area contributed by atoms with Crippen molar-refractivity contribution in [2.24, 2.45) is 0 Å². The minimum absolute atomic E-state index is 0.171. The molecule has 1 fully saturated rings. The molecule has 0 aromatic carbocycles. The first-order valence-corrected chi connectivity index (χ1v) is 10.4. The molecule has 1 saturated heterocycles. The highest BCUT2D eigenvalue weighted by Gasteiger charge is 2.67. The van der Waals surface area contributed by atoms with Crippen LogP contribution in [0.15, 0.2) is 34.9 Å². The number of hydrogen-bond donors (Lipinski definition) is 2. The van der Waals surface area contributed by atoms with Gasteiger partial charge in [-0.2, -0.15) is 0 Å². The average Bonchev–Trinajstić information content (AvgIpc) is 3.38. The summed E-state index contributed by atoms with van der Waals surface area (Å²) in [6.45, 7) is 8.73. The lowest BCUT2D eigenvalue weighted by atomic mass is 9.79. The number of fused-ring (bicyclic) bond motifs is 1. The minimum atomic E-state index is -1.18. The van der Waals surface area contributed by atoms with Gasteiger partial charge in [0.05, 0.1) is 6.61 Å². The maximum atomic E-state index is 13.1. The van der Waals surface area contributed by atoms with Gasteiger partial charge in [-0.15, -0.1) is 0 Å². The van der Waals surface area contributed by atoms with Gasteiger partial charge in [-0.25, -0.2) is 4.79 Å². The van der Waals surface area contributed by atoms with Crippen LogP contribution in [0.5, 0.6) is 0 Å². The van der Waals surface area contributed by atoms with Gasteiger partial charge in [-0.05, 0) is 46.1 Å². The van der Waals surface area contributed by atoms with Crippen LogP contribution < -0.4 is 0 Å². The van der Waals surface area contributed by atoms with Gasteiger partial charge < -0.3 is 19.7 Å². The van der Waals surface area contributed by atoms with Crippen molar-refractivity contribution < 1.29 is 29.3 Å². The summed E-state index contributed by atoms with van der Waals surface area (Å²) in [6.07, 6.45) is 7.73. The molecule has 6 nitrogen and oxygen atoms in total. The monoisotopic (exact) mass is 406 g/mol. The second kappa shape index (κ2) is 9.37. The Bertz CT molecular complexity index is 724. The maximum Gasteiger partial charge on any atom is 0.333 e. The summed E-state index contributed by atoms with van der Waals surface area (Å²) in [4.78, 5) is 25.3. The van der Waals surface area contributed by atoms with E-state index in [2.05, 4.69) is 6.92 Å². The highest BCUT2D eigenvalue weighted by atomic mass is 16.6. The summed E-state index contributed by atoms with van der Waals surface area (Å²) in [5, 5.41) is 20.2. The van der Waals surface area contributed by atoms with Gasteiger partial charge >= 0.3 is 5.97 Å². The smallest absolute Gasteiger partial charge is 0.333 e. The number of ketones is 1. The van der Waals surface area contributed by atoms with Crippen molar-refractivity contribution in [3.8, 4) is 0 Å². The van der Waals surface area contributed by atoms with Crippen LogP contribution in [0.4, 0.5) is 0 Å². The van der Waals surface area contributed by atoms with Crippen LogP contribution in [0.3, 0.4) is 0 Å². The SMILES string of the molecule is CCCCC/C=C/C1=C(CO)[C@@H](O)[C@@H]2O[C@@]2(C/C=C(\C)C(=O)OC(C)(C)C)C1=O. The van der Waals surface area contributed by atoms with Gasteiger partial charge in [-0.1, -0.05) is 38.0 Å².